The van der Waals surface area contributed by atoms with Crippen LogP contribution in [0.4, 0.5) is 19.4 Å². The molecule has 1 nitrogen and oxygen atoms in total. The Bertz CT molecular complexity index is 179. The Morgan fingerprint density at radius 2 is 1.45 bits per heavy atom. The SMILES string of the molecule is O=[C-]/C=C/S(F)(F)(F)(F)F.[Y]. The van der Waals surface area contributed by atoms with E-state index >= 15 is 0 Å². The fraction of sp³-hybridized carbons (Fsp3) is 0. The van der Waals surface area contributed by atoms with Gasteiger partial charge in [0, 0.05) is 32.7 Å². The van der Waals surface area contributed by atoms with E-state index in [0.29, 0.717) is 6.29 Å². The Labute approximate surface area is 84.6 Å². The van der Waals surface area contributed by atoms with Crippen molar-refractivity contribution in [1.29, 1.82) is 0 Å². The smallest absolute Gasteiger partial charge is 0.252 e. The molecule has 0 atom stereocenters. The van der Waals surface area contributed by atoms with Gasteiger partial charge in [0.05, 0.1) is 0 Å². The van der Waals surface area contributed by atoms with E-state index in [2.05, 4.69) is 0 Å². The summed E-state index contributed by atoms with van der Waals surface area (Å²) < 4.78 is 55.7. The van der Waals surface area contributed by atoms with E-state index in [1.165, 1.54) is 0 Å². The topological polar surface area (TPSA) is 17.1 Å². The fourth-order valence-electron chi connectivity index (χ4n) is 0.156. The van der Waals surface area contributed by atoms with Crippen molar-refractivity contribution in [3.8, 4) is 0 Å². The average molecular weight is 270 g/mol. The maximum Gasteiger partial charge on any atom is 0.252 e. The molecule has 0 heterocycles. The molecule has 0 aliphatic heterocycles. The van der Waals surface area contributed by atoms with Crippen LogP contribution in [-0.4, -0.2) is 6.29 Å². The first-order chi connectivity index (χ1) is 4.04. The van der Waals surface area contributed by atoms with E-state index in [0.717, 1.165) is 0 Å². The first kappa shape index (κ1) is 14.1. The van der Waals surface area contributed by atoms with Crippen molar-refractivity contribution < 1.29 is 56.9 Å². The van der Waals surface area contributed by atoms with Crippen LogP contribution in [0.1, 0.15) is 0 Å². The summed E-state index contributed by atoms with van der Waals surface area (Å²) >= 11 is 0. The number of hydrogen-bond donors (Lipinski definition) is 0. The molecule has 0 aliphatic rings. The van der Waals surface area contributed by atoms with Crippen LogP contribution in [0, 0.1) is 0 Å². The van der Waals surface area contributed by atoms with Crippen molar-refractivity contribution >= 4 is 16.5 Å². The predicted molar refractivity (Wildman–Crippen MR) is 28.0 cm³/mol. The van der Waals surface area contributed by atoms with Gasteiger partial charge in [-0.25, -0.2) is 0 Å². The number of hydrogen-bond acceptors (Lipinski definition) is 1. The maximum atomic E-state index is 11.1. The first-order valence-electron chi connectivity index (χ1n) is 1.83. The van der Waals surface area contributed by atoms with Crippen molar-refractivity contribution in [1.82, 2.24) is 0 Å². The molecular formula is C3H2F5OSY-. The first-order valence-corrected chi connectivity index (χ1v) is 3.85. The van der Waals surface area contributed by atoms with Crippen LogP contribution in [-0.2, 0) is 37.5 Å². The van der Waals surface area contributed by atoms with Gasteiger partial charge < -0.3 is 4.79 Å². The van der Waals surface area contributed by atoms with Crippen molar-refractivity contribution in [2.24, 2.45) is 0 Å². The van der Waals surface area contributed by atoms with E-state index in [1.807, 2.05) is 0 Å². The molecule has 0 N–H and O–H groups in total. The molecule has 0 aromatic carbocycles. The number of rotatable bonds is 2. The van der Waals surface area contributed by atoms with Crippen molar-refractivity contribution in [3.05, 3.63) is 11.5 Å². The molecule has 0 bridgehead atoms. The minimum absolute atomic E-state index is 0. The normalized spacial score (nSPS) is 18.3. The quantitative estimate of drug-likeness (QED) is 0.428. The third-order valence-corrected chi connectivity index (χ3v) is 1.04. The molecule has 0 saturated heterocycles. The zero-order valence-corrected chi connectivity index (χ0v) is 8.59. The second-order valence-electron chi connectivity index (χ2n) is 1.45. The Hall–Kier alpha value is 0.514. The molecule has 8 heteroatoms. The molecule has 0 aromatic rings. The van der Waals surface area contributed by atoms with Gasteiger partial charge in [-0.1, -0.05) is 5.41 Å². The van der Waals surface area contributed by atoms with Crippen LogP contribution in [0.15, 0.2) is 11.5 Å². The molecule has 11 heavy (non-hydrogen) atoms. The van der Waals surface area contributed by atoms with Crippen LogP contribution in [0.25, 0.3) is 0 Å². The Morgan fingerprint density at radius 3 is 1.55 bits per heavy atom. The van der Waals surface area contributed by atoms with Gasteiger partial charge in [0.15, 0.2) is 0 Å². The van der Waals surface area contributed by atoms with Gasteiger partial charge in [-0.3, -0.25) is 0 Å². The van der Waals surface area contributed by atoms with Gasteiger partial charge in [-0.05, 0) is 6.29 Å². The molecule has 0 unspecified atom stereocenters. The molecule has 0 aliphatic carbocycles. The van der Waals surface area contributed by atoms with Crippen LogP contribution >= 0.6 is 10.2 Å². The number of carbonyl (C=O) groups excluding carboxylic acids is 1. The van der Waals surface area contributed by atoms with Crippen LogP contribution in [0.3, 0.4) is 0 Å². The monoisotopic (exact) mass is 270 g/mol. The molecule has 0 aromatic heterocycles. The molecule has 0 spiro atoms. The van der Waals surface area contributed by atoms with Gasteiger partial charge >= 0.3 is 0 Å². The summed E-state index contributed by atoms with van der Waals surface area (Å²) in [5.74, 6) is 0. The Kier molecular flexibility index (Phi) is 3.55. The van der Waals surface area contributed by atoms with Crippen molar-refractivity contribution in [3.63, 3.8) is 0 Å². The van der Waals surface area contributed by atoms with Crippen LogP contribution in [0.5, 0.6) is 0 Å². The Morgan fingerprint density at radius 1 is 1.09 bits per heavy atom. The van der Waals surface area contributed by atoms with Gasteiger partial charge in [-0.15, -0.1) is 19.4 Å². The summed E-state index contributed by atoms with van der Waals surface area (Å²) in [6.07, 6.45) is 0.172. The summed E-state index contributed by atoms with van der Waals surface area (Å²) in [5.41, 5.74) is 0. The zero-order chi connectivity index (χ0) is 8.53. The third kappa shape index (κ3) is 13.5. The maximum absolute atomic E-state index is 11.1. The summed E-state index contributed by atoms with van der Waals surface area (Å²) in [7, 11) is -9.50. The van der Waals surface area contributed by atoms with Gasteiger partial charge in [0.1, 0.15) is 0 Å². The van der Waals surface area contributed by atoms with Crippen LogP contribution < -0.4 is 0 Å². The van der Waals surface area contributed by atoms with Crippen molar-refractivity contribution in [2.45, 2.75) is 0 Å². The second-order valence-corrected chi connectivity index (χ2v) is 3.78. The van der Waals surface area contributed by atoms with E-state index in [9.17, 15) is 19.4 Å². The van der Waals surface area contributed by atoms with Gasteiger partial charge in [0.2, 0.25) is 0 Å². The fourth-order valence-corrected chi connectivity index (χ4v) is 0.469. The average Bonchev–Trinajstić information content (AvgIpc) is 1.55. The van der Waals surface area contributed by atoms with E-state index in [4.69, 9.17) is 4.79 Å². The van der Waals surface area contributed by atoms with Gasteiger partial charge in [0.25, 0.3) is 10.2 Å². The zero-order valence-electron chi connectivity index (χ0n) is 4.94. The summed E-state index contributed by atoms with van der Waals surface area (Å²) in [6.45, 7) is 0. The van der Waals surface area contributed by atoms with E-state index in [1.54, 1.807) is 0 Å². The van der Waals surface area contributed by atoms with Crippen molar-refractivity contribution in [2.75, 3.05) is 0 Å². The molecule has 0 amide bonds. The molecule has 65 valence electrons. The Balaban J connectivity index is 0. The summed E-state index contributed by atoms with van der Waals surface area (Å²) in [5, 5.41) is -1.35. The molecule has 0 saturated carbocycles. The second kappa shape index (κ2) is 2.78. The number of halogens is 5. The molecule has 0 rings (SSSR count). The van der Waals surface area contributed by atoms with Gasteiger partial charge in [-0.2, -0.15) is 6.08 Å². The minimum Gasteiger partial charge on any atom is -0.419 e. The minimum atomic E-state index is -9.50. The largest absolute Gasteiger partial charge is 0.419 e. The molecule has 0 fully saturated rings. The van der Waals surface area contributed by atoms with Crippen LogP contribution in [0.2, 0.25) is 0 Å². The molecule has 1 radical (unpaired) electrons. The molecular weight excluding hydrogens is 268 g/mol. The van der Waals surface area contributed by atoms with E-state index in [-0.39, 0.29) is 32.7 Å². The standard InChI is InChI=1S/C3H2F5OS.Y/c4-10(5,6,7,8)3-1-2-9;/h1,3H;/q-1;/b3-1+;. The number of allylic oxidation sites excluding steroid dienone is 1. The predicted octanol–water partition coefficient (Wildman–Crippen LogP) is 2.91. The van der Waals surface area contributed by atoms with E-state index < -0.39 is 21.7 Å². The third-order valence-electron chi connectivity index (χ3n) is 0.393. The summed E-state index contributed by atoms with van der Waals surface area (Å²) in [4.78, 5) is 9.11. The summed E-state index contributed by atoms with van der Waals surface area (Å²) in [6, 6.07) is 0.